The van der Waals surface area contributed by atoms with Gasteiger partial charge in [0.05, 0.1) is 34.9 Å². The first-order chi connectivity index (χ1) is 18.8. The molecule has 7 nitrogen and oxygen atoms in total. The van der Waals surface area contributed by atoms with E-state index in [1.807, 2.05) is 32.0 Å². The molecule has 40 heavy (non-hydrogen) atoms. The molecule has 1 N–H and O–H groups in total. The predicted octanol–water partition coefficient (Wildman–Crippen LogP) is 5.97. The van der Waals surface area contributed by atoms with E-state index in [0.29, 0.717) is 13.0 Å². The Morgan fingerprint density at radius 1 is 1.18 bits per heavy atom. The zero-order valence-electron chi connectivity index (χ0n) is 21.8. The van der Waals surface area contributed by atoms with Crippen molar-refractivity contribution in [2.75, 3.05) is 13.1 Å². The maximum Gasteiger partial charge on any atom is 0.417 e. The zero-order valence-corrected chi connectivity index (χ0v) is 22.6. The molecular weight excluding hydrogens is 557 g/mol. The maximum atomic E-state index is 13.4. The molecule has 1 amide bonds. The number of carbonyl (C=O) groups excluding carboxylic acids is 1. The van der Waals surface area contributed by atoms with Gasteiger partial charge in [-0.3, -0.25) is 9.80 Å². The third-order valence-corrected chi connectivity index (χ3v) is 7.81. The van der Waals surface area contributed by atoms with Gasteiger partial charge in [0.15, 0.2) is 0 Å². The molecule has 3 atom stereocenters. The van der Waals surface area contributed by atoms with Crippen LogP contribution in [0.1, 0.15) is 54.7 Å². The number of amides is 1. The van der Waals surface area contributed by atoms with Crippen LogP contribution < -0.4 is 10.2 Å². The quantitative estimate of drug-likeness (QED) is 0.438. The third kappa shape index (κ3) is 5.28. The van der Waals surface area contributed by atoms with Crippen molar-refractivity contribution >= 4 is 17.5 Å². The molecule has 1 aromatic heterocycles. The molecule has 0 fully saturated rings. The van der Waals surface area contributed by atoms with Crippen LogP contribution in [0.15, 0.2) is 59.7 Å². The minimum Gasteiger partial charge on any atom is -0.417 e. The summed E-state index contributed by atoms with van der Waals surface area (Å²) in [5.41, 5.74) is 5.71. The van der Waals surface area contributed by atoms with Gasteiger partial charge in [-0.25, -0.2) is 4.98 Å². The molecule has 5 rings (SSSR count). The average molecular weight is 584 g/mol. The molecule has 3 aliphatic heterocycles. The van der Waals surface area contributed by atoms with Gasteiger partial charge < -0.3 is 20.0 Å². The number of ether oxygens (including phenoxy) is 1. The van der Waals surface area contributed by atoms with E-state index in [0.717, 1.165) is 34.7 Å². The fourth-order valence-electron chi connectivity index (χ4n) is 5.35. The normalized spacial score (nSPS) is 21.6. The molecule has 214 valence electrons. The number of rotatable bonds is 5. The summed E-state index contributed by atoms with van der Waals surface area (Å²) >= 11 is 5.76. The molecular formula is C27H27ClF5N5O2. The number of fused-ring (bicyclic) bond motifs is 2. The molecule has 4 heterocycles. The number of hydrogen-bond donors (Lipinski definition) is 1. The highest BCUT2D eigenvalue weighted by Crippen LogP contribution is 2.40. The van der Waals surface area contributed by atoms with Crippen LogP contribution in [0.2, 0.25) is 5.02 Å². The molecule has 0 bridgehead atoms. The molecule has 0 spiro atoms. The van der Waals surface area contributed by atoms with Crippen molar-refractivity contribution in [1.82, 2.24) is 25.2 Å². The lowest BCUT2D eigenvalue weighted by Crippen LogP contribution is -2.48. The van der Waals surface area contributed by atoms with Crippen molar-refractivity contribution in [3.8, 4) is 5.88 Å². The van der Waals surface area contributed by atoms with Crippen molar-refractivity contribution in [2.45, 2.75) is 58.1 Å². The Bertz CT molecular complexity index is 1380. The van der Waals surface area contributed by atoms with Gasteiger partial charge in [-0.15, -0.1) is 0 Å². The number of nitrogens with zero attached hydrogens (tertiary/aromatic N) is 4. The highest BCUT2D eigenvalue weighted by atomic mass is 35.5. The number of benzene rings is 1. The topological polar surface area (TPSA) is 60.9 Å². The Kier molecular flexibility index (Phi) is 7.32. The largest absolute Gasteiger partial charge is 0.417 e. The number of carbonyl (C=O) groups is 1. The molecule has 3 aliphatic rings. The summed E-state index contributed by atoms with van der Waals surface area (Å²) in [5, 5.41) is 1.56. The van der Waals surface area contributed by atoms with E-state index in [9.17, 15) is 26.7 Å². The summed E-state index contributed by atoms with van der Waals surface area (Å²) in [7, 11) is 0. The molecule has 0 radical (unpaired) electrons. The Labute approximate surface area is 232 Å². The molecule has 1 aromatic carbocycles. The number of hydrazine groups is 1. The second kappa shape index (κ2) is 10.5. The second-order valence-corrected chi connectivity index (χ2v) is 10.6. The molecule has 0 unspecified atom stereocenters. The van der Waals surface area contributed by atoms with Crippen LogP contribution in [0.25, 0.3) is 0 Å². The van der Waals surface area contributed by atoms with Crippen LogP contribution in [0, 0.1) is 0 Å². The molecule has 2 aromatic rings. The van der Waals surface area contributed by atoms with Crippen molar-refractivity contribution in [3.05, 3.63) is 81.4 Å². The third-order valence-electron chi connectivity index (χ3n) is 7.48. The van der Waals surface area contributed by atoms with Crippen LogP contribution in [0.4, 0.5) is 22.0 Å². The average Bonchev–Trinajstić information content (AvgIpc) is 3.24. The summed E-state index contributed by atoms with van der Waals surface area (Å²) < 4.78 is 70.1. The van der Waals surface area contributed by atoms with Crippen molar-refractivity contribution in [3.63, 3.8) is 0 Å². The number of halogens is 6. The minimum absolute atomic E-state index is 0.0109. The van der Waals surface area contributed by atoms with Gasteiger partial charge in [0, 0.05) is 54.3 Å². The van der Waals surface area contributed by atoms with E-state index < -0.39 is 29.3 Å². The van der Waals surface area contributed by atoms with Gasteiger partial charge in [-0.2, -0.15) is 22.0 Å². The predicted molar refractivity (Wildman–Crippen MR) is 137 cm³/mol. The lowest BCUT2D eigenvalue weighted by molar-refractivity contribution is -0.137. The lowest BCUT2D eigenvalue weighted by Gasteiger charge is -2.41. The van der Waals surface area contributed by atoms with Crippen LogP contribution in [0.5, 0.6) is 5.88 Å². The van der Waals surface area contributed by atoms with Gasteiger partial charge in [0.25, 0.3) is 5.91 Å². The maximum absolute atomic E-state index is 13.4. The number of nitrogens with one attached hydrogen (secondary N) is 1. The van der Waals surface area contributed by atoms with Gasteiger partial charge in [-0.05, 0) is 50.6 Å². The van der Waals surface area contributed by atoms with Gasteiger partial charge >= 0.3 is 12.8 Å². The summed E-state index contributed by atoms with van der Waals surface area (Å²) in [4.78, 5) is 20.9. The Hall–Kier alpha value is -3.54. The molecule has 0 saturated heterocycles. The fourth-order valence-corrected chi connectivity index (χ4v) is 5.57. The molecule has 0 saturated carbocycles. The SMILES string of the molecule is C[C@H](c1ccnc(OC(F)F)c1)N1C=C2C3=C(C[C@@H](C)N(C(=O)c4ccc(Cl)c(C(F)(F)F)c4)C3)NN2[C@H](C)C1. The summed E-state index contributed by atoms with van der Waals surface area (Å²) in [6.45, 7) is 3.67. The summed E-state index contributed by atoms with van der Waals surface area (Å²) in [5.74, 6) is -0.685. The first kappa shape index (κ1) is 28.0. The van der Waals surface area contributed by atoms with E-state index in [2.05, 4.69) is 20.0 Å². The Balaban J connectivity index is 1.41. The van der Waals surface area contributed by atoms with Crippen molar-refractivity contribution < 1.29 is 31.5 Å². The number of aromatic nitrogens is 1. The fraction of sp³-hybridized carbons (Fsp3) is 0.407. The van der Waals surface area contributed by atoms with Crippen molar-refractivity contribution in [1.29, 1.82) is 0 Å². The molecule has 0 aliphatic carbocycles. The van der Waals surface area contributed by atoms with E-state index in [4.69, 9.17) is 11.6 Å². The van der Waals surface area contributed by atoms with E-state index >= 15 is 0 Å². The van der Waals surface area contributed by atoms with E-state index in [1.165, 1.54) is 18.3 Å². The number of hydrogen-bond acceptors (Lipinski definition) is 6. The Morgan fingerprint density at radius 3 is 2.62 bits per heavy atom. The monoisotopic (exact) mass is 583 g/mol. The standard InChI is InChI=1S/C27H27ClF5N5O2/c1-14-8-22-19(12-37(14)25(39)18-4-5-21(28)20(9-18)27(31,32)33)23-13-36(11-15(2)38(23)35-22)16(3)17-6-7-34-24(10-17)40-26(29)30/h4-7,9-10,13-16,26,35H,8,11-12H2,1-3H3/t14-,15-,16-/m1/s1. The van der Waals surface area contributed by atoms with Crippen LogP contribution >= 0.6 is 11.6 Å². The zero-order chi connectivity index (χ0) is 28.9. The summed E-state index contributed by atoms with van der Waals surface area (Å²) in [6.07, 6.45) is -0.815. The number of pyridine rings is 1. The van der Waals surface area contributed by atoms with Gasteiger partial charge in [0.1, 0.15) is 0 Å². The van der Waals surface area contributed by atoms with E-state index in [1.54, 1.807) is 11.0 Å². The Morgan fingerprint density at radius 2 is 1.93 bits per heavy atom. The smallest absolute Gasteiger partial charge is 0.417 e. The lowest BCUT2D eigenvalue weighted by atomic mass is 9.97. The van der Waals surface area contributed by atoms with Crippen LogP contribution in [-0.2, 0) is 6.18 Å². The second-order valence-electron chi connectivity index (χ2n) is 10.2. The van der Waals surface area contributed by atoms with Crippen molar-refractivity contribution in [2.24, 2.45) is 0 Å². The minimum atomic E-state index is -4.68. The summed E-state index contributed by atoms with van der Waals surface area (Å²) in [6, 6.07) is 5.96. The van der Waals surface area contributed by atoms with E-state index in [-0.39, 0.29) is 36.1 Å². The van der Waals surface area contributed by atoms with Crippen LogP contribution in [0.3, 0.4) is 0 Å². The molecule has 13 heteroatoms. The van der Waals surface area contributed by atoms with Crippen LogP contribution in [-0.4, -0.2) is 57.5 Å². The van der Waals surface area contributed by atoms with Gasteiger partial charge in [-0.1, -0.05) is 11.6 Å². The van der Waals surface area contributed by atoms with Gasteiger partial charge in [0.2, 0.25) is 5.88 Å². The highest BCUT2D eigenvalue weighted by molar-refractivity contribution is 6.31. The number of alkyl halides is 5. The highest BCUT2D eigenvalue weighted by Gasteiger charge is 2.41. The first-order valence-corrected chi connectivity index (χ1v) is 13.1. The first-order valence-electron chi connectivity index (χ1n) is 12.7.